The summed E-state index contributed by atoms with van der Waals surface area (Å²) in [5.74, 6) is -1.97. The third-order valence-corrected chi connectivity index (χ3v) is 6.83. The fraction of sp³-hybridized carbons (Fsp3) is 0.0690. The van der Waals surface area contributed by atoms with Crippen LogP contribution in [0.15, 0.2) is 86.6 Å². The van der Waals surface area contributed by atoms with Crippen LogP contribution in [0.2, 0.25) is 5.02 Å². The summed E-state index contributed by atoms with van der Waals surface area (Å²) < 4.78 is 31.8. The Bertz CT molecular complexity index is 1840. The lowest BCUT2D eigenvalue weighted by Gasteiger charge is -2.23. The Kier molecular flexibility index (Phi) is 5.61. The number of aromatic carboxylic acids is 1. The summed E-state index contributed by atoms with van der Waals surface area (Å²) >= 11 is 6.30. The van der Waals surface area contributed by atoms with Gasteiger partial charge in [-0.25, -0.2) is 9.18 Å². The van der Waals surface area contributed by atoms with Crippen LogP contribution in [-0.4, -0.2) is 17.0 Å². The number of rotatable bonds is 4. The molecule has 0 radical (unpaired) electrons. The number of hydrogen-bond acceptors (Lipinski definition) is 6. The molecule has 3 heterocycles. The molecule has 5 aromatic rings. The average Bonchev–Trinajstić information content (AvgIpc) is 3.39. The first-order valence-corrected chi connectivity index (χ1v) is 11.9. The number of ether oxygens (including phenoxy) is 1. The van der Waals surface area contributed by atoms with Crippen molar-refractivity contribution < 1.29 is 32.7 Å². The Labute approximate surface area is 218 Å². The molecule has 3 aromatic carbocycles. The lowest BCUT2D eigenvalue weighted by atomic mass is 9.88. The number of benzene rings is 3. The Hall–Kier alpha value is -4.69. The van der Waals surface area contributed by atoms with E-state index in [9.17, 15) is 23.9 Å². The van der Waals surface area contributed by atoms with Gasteiger partial charge in [-0.05, 0) is 48.5 Å². The summed E-state index contributed by atoms with van der Waals surface area (Å²) in [5, 5.41) is 9.82. The summed E-state index contributed by atoms with van der Waals surface area (Å²) in [5.41, 5.74) is 0.766. The van der Waals surface area contributed by atoms with Crippen molar-refractivity contribution >= 4 is 34.5 Å². The molecule has 0 fully saturated rings. The van der Waals surface area contributed by atoms with Crippen molar-refractivity contribution in [3.63, 3.8) is 0 Å². The first kappa shape index (κ1) is 23.7. The Morgan fingerprint density at radius 2 is 1.79 bits per heavy atom. The topological polar surface area (TPSA) is 107 Å². The van der Waals surface area contributed by atoms with Gasteiger partial charge in [0, 0.05) is 16.7 Å². The minimum atomic E-state index is -1.12. The molecular formula is C29H16ClFO7. The summed E-state index contributed by atoms with van der Waals surface area (Å²) in [6, 6.07) is 16.4. The molecular weight excluding hydrogens is 515 g/mol. The van der Waals surface area contributed by atoms with Crippen LogP contribution in [0, 0.1) is 5.82 Å². The van der Waals surface area contributed by atoms with E-state index in [1.165, 1.54) is 54.8 Å². The van der Waals surface area contributed by atoms with Crippen LogP contribution >= 0.6 is 11.6 Å². The molecule has 7 nitrogen and oxygen atoms in total. The van der Waals surface area contributed by atoms with E-state index in [1.807, 2.05) is 0 Å². The van der Waals surface area contributed by atoms with Gasteiger partial charge in [0.15, 0.2) is 0 Å². The number of fused-ring (bicyclic) bond motifs is 3. The summed E-state index contributed by atoms with van der Waals surface area (Å²) in [7, 11) is 0. The van der Waals surface area contributed by atoms with Crippen molar-refractivity contribution in [3.05, 3.63) is 111 Å². The number of halogens is 2. The van der Waals surface area contributed by atoms with Crippen LogP contribution in [-0.2, 0) is 4.79 Å². The van der Waals surface area contributed by atoms with Crippen molar-refractivity contribution in [2.45, 2.75) is 12.3 Å². The van der Waals surface area contributed by atoms with E-state index in [1.54, 1.807) is 18.2 Å². The first-order valence-electron chi connectivity index (χ1n) is 11.5. The van der Waals surface area contributed by atoms with Crippen molar-refractivity contribution in [1.82, 2.24) is 0 Å². The molecule has 188 valence electrons. The van der Waals surface area contributed by atoms with Gasteiger partial charge >= 0.3 is 11.9 Å². The van der Waals surface area contributed by atoms with Crippen LogP contribution < -0.4 is 10.2 Å². The predicted octanol–water partition coefficient (Wildman–Crippen LogP) is 6.65. The molecule has 1 atom stereocenters. The van der Waals surface area contributed by atoms with Crippen molar-refractivity contribution in [2.24, 2.45) is 0 Å². The Balaban J connectivity index is 1.49. The molecule has 0 spiro atoms. The van der Waals surface area contributed by atoms with Gasteiger partial charge in [-0.2, -0.15) is 0 Å². The minimum Gasteiger partial charge on any atom is -0.478 e. The fourth-order valence-electron chi connectivity index (χ4n) is 4.70. The van der Waals surface area contributed by atoms with E-state index in [0.29, 0.717) is 22.6 Å². The van der Waals surface area contributed by atoms with Crippen molar-refractivity contribution in [3.8, 4) is 28.2 Å². The van der Waals surface area contributed by atoms with Gasteiger partial charge in [0.25, 0.3) is 0 Å². The predicted molar refractivity (Wildman–Crippen MR) is 136 cm³/mol. The van der Waals surface area contributed by atoms with E-state index < -0.39 is 29.1 Å². The normalized spacial score (nSPS) is 14.8. The SMILES string of the molecule is O=C1CC(c2ccc(-c3cc(C(=O)O)ccc3Cl)o2)c2c(ccc3c(=O)c(-c4ccccc4F)coc23)O1. The molecule has 6 rings (SSSR count). The van der Waals surface area contributed by atoms with E-state index >= 15 is 0 Å². The zero-order valence-corrected chi connectivity index (χ0v) is 20.1. The maximum absolute atomic E-state index is 14.4. The first-order chi connectivity index (χ1) is 18.3. The van der Waals surface area contributed by atoms with Gasteiger partial charge in [0.2, 0.25) is 5.43 Å². The van der Waals surface area contributed by atoms with E-state index in [0.717, 1.165) is 0 Å². The van der Waals surface area contributed by atoms with Crippen LogP contribution in [0.5, 0.6) is 5.75 Å². The molecule has 9 heteroatoms. The van der Waals surface area contributed by atoms with Crippen LogP contribution in [0.1, 0.15) is 34.0 Å². The summed E-state index contributed by atoms with van der Waals surface area (Å²) in [6.07, 6.45) is 1.10. The second-order valence-corrected chi connectivity index (χ2v) is 9.15. The maximum Gasteiger partial charge on any atom is 0.335 e. The number of carbonyl (C=O) groups excluding carboxylic acids is 1. The van der Waals surface area contributed by atoms with E-state index in [4.69, 9.17) is 25.2 Å². The van der Waals surface area contributed by atoms with Crippen molar-refractivity contribution in [2.75, 3.05) is 0 Å². The highest BCUT2D eigenvalue weighted by Crippen LogP contribution is 2.44. The van der Waals surface area contributed by atoms with Crippen LogP contribution in [0.3, 0.4) is 0 Å². The average molecular weight is 531 g/mol. The molecule has 0 aliphatic carbocycles. The van der Waals surface area contributed by atoms with E-state index in [2.05, 4.69) is 0 Å². The number of furan rings is 1. The molecule has 2 aromatic heterocycles. The zero-order valence-electron chi connectivity index (χ0n) is 19.4. The van der Waals surface area contributed by atoms with Gasteiger partial charge in [0.05, 0.1) is 33.9 Å². The number of hydrogen-bond donors (Lipinski definition) is 1. The van der Waals surface area contributed by atoms with Crippen LogP contribution in [0.25, 0.3) is 33.4 Å². The lowest BCUT2D eigenvalue weighted by molar-refractivity contribution is -0.135. The zero-order chi connectivity index (χ0) is 26.6. The third-order valence-electron chi connectivity index (χ3n) is 6.50. The molecule has 1 aliphatic rings. The minimum absolute atomic E-state index is 0.0346. The molecule has 0 saturated heterocycles. The van der Waals surface area contributed by atoms with Crippen molar-refractivity contribution in [1.29, 1.82) is 0 Å². The second kappa shape index (κ2) is 9.00. The number of carboxylic acids is 1. The molecule has 0 saturated carbocycles. The standard InChI is InChI=1S/C29H16ClFO7/c30-20-7-5-14(29(34)35)11-17(20)22-9-10-23(37-22)18-12-25(32)38-24-8-6-16-27(33)19(13-36-28(16)26(18)24)15-3-1-2-4-21(15)31/h1-11,13,18H,12H2,(H,34,35). The number of esters is 1. The molecule has 0 bridgehead atoms. The molecule has 38 heavy (non-hydrogen) atoms. The van der Waals surface area contributed by atoms with E-state index in [-0.39, 0.29) is 44.9 Å². The third kappa shape index (κ3) is 3.86. The molecule has 1 aliphatic heterocycles. The largest absolute Gasteiger partial charge is 0.478 e. The summed E-state index contributed by atoms with van der Waals surface area (Å²) in [4.78, 5) is 37.2. The maximum atomic E-state index is 14.4. The smallest absolute Gasteiger partial charge is 0.335 e. The highest BCUT2D eigenvalue weighted by molar-refractivity contribution is 6.33. The van der Waals surface area contributed by atoms with Gasteiger partial charge in [-0.15, -0.1) is 0 Å². The van der Waals surface area contributed by atoms with Gasteiger partial charge in [-0.1, -0.05) is 29.8 Å². The summed E-state index contributed by atoms with van der Waals surface area (Å²) in [6.45, 7) is 0. The fourth-order valence-corrected chi connectivity index (χ4v) is 4.91. The highest BCUT2D eigenvalue weighted by atomic mass is 35.5. The van der Waals surface area contributed by atoms with Gasteiger partial charge in [-0.3, -0.25) is 9.59 Å². The number of carbonyl (C=O) groups is 2. The molecule has 0 amide bonds. The molecule has 1 N–H and O–H groups in total. The second-order valence-electron chi connectivity index (χ2n) is 8.74. The molecule has 1 unspecified atom stereocenters. The Morgan fingerprint density at radius 1 is 0.974 bits per heavy atom. The van der Waals surface area contributed by atoms with Gasteiger partial charge < -0.3 is 18.7 Å². The highest BCUT2D eigenvalue weighted by Gasteiger charge is 2.34. The quantitative estimate of drug-likeness (QED) is 0.205. The number of carboxylic acid groups (broad SMARTS) is 1. The van der Waals surface area contributed by atoms with Crippen LogP contribution in [0.4, 0.5) is 4.39 Å². The van der Waals surface area contributed by atoms with Gasteiger partial charge in [0.1, 0.15) is 34.9 Å². The monoisotopic (exact) mass is 530 g/mol. The Morgan fingerprint density at radius 3 is 2.58 bits per heavy atom. The lowest BCUT2D eigenvalue weighted by Crippen LogP contribution is -2.21.